The van der Waals surface area contributed by atoms with E-state index in [1.807, 2.05) is 22.8 Å². The normalized spacial score (nSPS) is 11.7. The van der Waals surface area contributed by atoms with Gasteiger partial charge in [-0.2, -0.15) is 0 Å². The molecule has 4 nitrogen and oxygen atoms in total. The molecule has 0 saturated carbocycles. The van der Waals surface area contributed by atoms with Crippen LogP contribution in [0.25, 0.3) is 5.82 Å². The van der Waals surface area contributed by atoms with E-state index in [2.05, 4.69) is 36.0 Å². The summed E-state index contributed by atoms with van der Waals surface area (Å²) in [6, 6.07) is 5.79. The molecule has 0 bridgehead atoms. The van der Waals surface area contributed by atoms with E-state index >= 15 is 0 Å². The van der Waals surface area contributed by atoms with Gasteiger partial charge in [0, 0.05) is 11.6 Å². The topological polar surface area (TPSA) is 43.6 Å². The average Bonchev–Trinajstić information content (AvgIpc) is 2.67. The monoisotopic (exact) mass is 202 g/mol. The first-order valence-electron chi connectivity index (χ1n) is 4.91. The van der Waals surface area contributed by atoms with Crippen LogP contribution in [0.5, 0.6) is 0 Å². The van der Waals surface area contributed by atoms with Crippen LogP contribution in [-0.4, -0.2) is 19.7 Å². The SMILES string of the molecule is CC(C)(C)c1nncn1-c1ccccn1. The summed E-state index contributed by atoms with van der Waals surface area (Å²) in [5.41, 5.74) is -0.0337. The van der Waals surface area contributed by atoms with Gasteiger partial charge in [0.1, 0.15) is 18.0 Å². The minimum absolute atomic E-state index is 0.0337. The first kappa shape index (κ1) is 9.83. The summed E-state index contributed by atoms with van der Waals surface area (Å²) < 4.78 is 1.92. The van der Waals surface area contributed by atoms with Crippen molar-refractivity contribution in [2.75, 3.05) is 0 Å². The van der Waals surface area contributed by atoms with Gasteiger partial charge in [-0.3, -0.25) is 4.57 Å². The lowest BCUT2D eigenvalue weighted by molar-refractivity contribution is 0.531. The number of nitrogens with zero attached hydrogens (tertiary/aromatic N) is 4. The fourth-order valence-corrected chi connectivity index (χ4v) is 1.41. The summed E-state index contributed by atoms with van der Waals surface area (Å²) in [6.45, 7) is 6.32. The van der Waals surface area contributed by atoms with Crippen molar-refractivity contribution in [1.29, 1.82) is 0 Å². The fraction of sp³-hybridized carbons (Fsp3) is 0.364. The van der Waals surface area contributed by atoms with Crippen LogP contribution >= 0.6 is 0 Å². The molecule has 0 aliphatic carbocycles. The molecule has 2 aromatic heterocycles. The number of hydrogen-bond donors (Lipinski definition) is 0. The zero-order chi connectivity index (χ0) is 10.9. The lowest BCUT2D eigenvalue weighted by atomic mass is 9.96. The molecule has 4 heteroatoms. The van der Waals surface area contributed by atoms with Crippen LogP contribution in [0, 0.1) is 0 Å². The van der Waals surface area contributed by atoms with Crippen molar-refractivity contribution in [1.82, 2.24) is 19.7 Å². The quantitative estimate of drug-likeness (QED) is 0.710. The second-order valence-corrected chi connectivity index (χ2v) is 4.46. The Hall–Kier alpha value is -1.71. The summed E-state index contributed by atoms with van der Waals surface area (Å²) >= 11 is 0. The van der Waals surface area contributed by atoms with Crippen LogP contribution in [0.2, 0.25) is 0 Å². The van der Waals surface area contributed by atoms with E-state index in [9.17, 15) is 0 Å². The first-order chi connectivity index (χ1) is 7.09. The summed E-state index contributed by atoms with van der Waals surface area (Å²) in [5.74, 6) is 1.77. The van der Waals surface area contributed by atoms with Gasteiger partial charge in [0.15, 0.2) is 0 Å². The van der Waals surface area contributed by atoms with Crippen molar-refractivity contribution in [2.24, 2.45) is 0 Å². The van der Waals surface area contributed by atoms with Gasteiger partial charge in [0.25, 0.3) is 0 Å². The van der Waals surface area contributed by atoms with Gasteiger partial charge in [0.05, 0.1) is 0 Å². The molecule has 0 spiro atoms. The molecule has 78 valence electrons. The van der Waals surface area contributed by atoms with E-state index < -0.39 is 0 Å². The third-order valence-electron chi connectivity index (χ3n) is 2.11. The first-order valence-corrected chi connectivity index (χ1v) is 4.91. The number of aromatic nitrogens is 4. The van der Waals surface area contributed by atoms with Crippen LogP contribution < -0.4 is 0 Å². The zero-order valence-electron chi connectivity index (χ0n) is 9.18. The van der Waals surface area contributed by atoms with Crippen molar-refractivity contribution in [3.63, 3.8) is 0 Å². The molecule has 0 atom stereocenters. The number of pyridine rings is 1. The summed E-state index contributed by atoms with van der Waals surface area (Å²) in [5, 5.41) is 8.07. The minimum Gasteiger partial charge on any atom is -0.269 e. The number of rotatable bonds is 1. The Morgan fingerprint density at radius 1 is 1.20 bits per heavy atom. The maximum absolute atomic E-state index is 4.28. The van der Waals surface area contributed by atoms with Crippen LogP contribution in [0.3, 0.4) is 0 Å². The molecule has 0 aliphatic heterocycles. The highest BCUT2D eigenvalue weighted by atomic mass is 15.3. The molecule has 0 unspecified atom stereocenters. The predicted molar refractivity (Wildman–Crippen MR) is 57.9 cm³/mol. The van der Waals surface area contributed by atoms with Gasteiger partial charge in [0.2, 0.25) is 0 Å². The van der Waals surface area contributed by atoms with Crippen molar-refractivity contribution in [3.05, 3.63) is 36.5 Å². The molecule has 15 heavy (non-hydrogen) atoms. The smallest absolute Gasteiger partial charge is 0.143 e. The van der Waals surface area contributed by atoms with Gasteiger partial charge in [-0.15, -0.1) is 10.2 Å². The molecule has 2 aromatic rings. The van der Waals surface area contributed by atoms with Crippen LogP contribution in [0.15, 0.2) is 30.7 Å². The largest absolute Gasteiger partial charge is 0.269 e. The third kappa shape index (κ3) is 1.88. The van der Waals surface area contributed by atoms with Crippen molar-refractivity contribution in [3.8, 4) is 5.82 Å². The highest BCUT2D eigenvalue weighted by Crippen LogP contribution is 2.21. The summed E-state index contributed by atoms with van der Waals surface area (Å²) in [7, 11) is 0. The summed E-state index contributed by atoms with van der Waals surface area (Å²) in [6.07, 6.45) is 3.46. The average molecular weight is 202 g/mol. The molecule has 0 aromatic carbocycles. The van der Waals surface area contributed by atoms with Crippen molar-refractivity contribution >= 4 is 0 Å². The highest BCUT2D eigenvalue weighted by molar-refractivity contribution is 5.24. The molecule has 0 saturated heterocycles. The zero-order valence-corrected chi connectivity index (χ0v) is 9.18. The molecule has 0 radical (unpaired) electrons. The van der Waals surface area contributed by atoms with Crippen LogP contribution in [0.4, 0.5) is 0 Å². The van der Waals surface area contributed by atoms with Crippen LogP contribution in [-0.2, 0) is 5.41 Å². The maximum Gasteiger partial charge on any atom is 0.143 e. The van der Waals surface area contributed by atoms with E-state index in [0.29, 0.717) is 0 Å². The lowest BCUT2D eigenvalue weighted by Gasteiger charge is -2.17. The third-order valence-corrected chi connectivity index (χ3v) is 2.11. The Kier molecular flexibility index (Phi) is 2.26. The number of hydrogen-bond acceptors (Lipinski definition) is 3. The van der Waals surface area contributed by atoms with Gasteiger partial charge >= 0.3 is 0 Å². The standard InChI is InChI=1S/C11H14N4/c1-11(2,3)10-14-13-8-15(10)9-6-4-5-7-12-9/h4-8H,1-3H3. The Balaban J connectivity index is 2.51. The molecule has 0 amide bonds. The Labute approximate surface area is 89.0 Å². The molecule has 2 heterocycles. The van der Waals surface area contributed by atoms with E-state index in [4.69, 9.17) is 0 Å². The van der Waals surface area contributed by atoms with Gasteiger partial charge in [-0.05, 0) is 12.1 Å². The molecule has 0 aliphatic rings. The lowest BCUT2D eigenvalue weighted by Crippen LogP contribution is -2.18. The fourth-order valence-electron chi connectivity index (χ4n) is 1.41. The maximum atomic E-state index is 4.28. The van der Waals surface area contributed by atoms with E-state index in [1.54, 1.807) is 12.5 Å². The van der Waals surface area contributed by atoms with Crippen molar-refractivity contribution in [2.45, 2.75) is 26.2 Å². The van der Waals surface area contributed by atoms with E-state index in [1.165, 1.54) is 0 Å². The van der Waals surface area contributed by atoms with Crippen molar-refractivity contribution < 1.29 is 0 Å². The second-order valence-electron chi connectivity index (χ2n) is 4.46. The Morgan fingerprint density at radius 2 is 2.00 bits per heavy atom. The van der Waals surface area contributed by atoms with E-state index in [-0.39, 0.29) is 5.41 Å². The molecular weight excluding hydrogens is 188 g/mol. The molecule has 0 N–H and O–H groups in total. The summed E-state index contributed by atoms with van der Waals surface area (Å²) in [4.78, 5) is 4.28. The minimum atomic E-state index is -0.0337. The highest BCUT2D eigenvalue weighted by Gasteiger charge is 2.21. The van der Waals surface area contributed by atoms with Gasteiger partial charge < -0.3 is 0 Å². The van der Waals surface area contributed by atoms with Gasteiger partial charge in [-0.25, -0.2) is 4.98 Å². The Morgan fingerprint density at radius 3 is 2.60 bits per heavy atom. The Bertz CT molecular complexity index is 439. The van der Waals surface area contributed by atoms with Gasteiger partial charge in [-0.1, -0.05) is 26.8 Å². The second kappa shape index (κ2) is 3.46. The van der Waals surface area contributed by atoms with E-state index in [0.717, 1.165) is 11.6 Å². The molecular formula is C11H14N4. The molecule has 0 fully saturated rings. The predicted octanol–water partition coefficient (Wildman–Crippen LogP) is 1.96. The molecule has 2 rings (SSSR count). The van der Waals surface area contributed by atoms with Crippen LogP contribution in [0.1, 0.15) is 26.6 Å².